The molecule has 1 aliphatic rings. The summed E-state index contributed by atoms with van der Waals surface area (Å²) in [6.07, 6.45) is 3.73. The average Bonchev–Trinajstić information content (AvgIpc) is 2.74. The van der Waals surface area contributed by atoms with Gasteiger partial charge in [-0.05, 0) is 36.6 Å². The Kier molecular flexibility index (Phi) is 5.39. The molecule has 1 N–H and O–H groups in total. The average molecular weight is 348 g/mol. The maximum absolute atomic E-state index is 9.97. The number of phenolic OH excluding ortho intramolecular Hbond substituents is 1. The molecule has 1 heterocycles. The molecule has 0 saturated carbocycles. The molecular formula is C19H22ClNOS. The number of rotatable bonds is 4. The van der Waals surface area contributed by atoms with E-state index >= 15 is 0 Å². The lowest BCUT2D eigenvalue weighted by molar-refractivity contribution is 0.474. The van der Waals surface area contributed by atoms with E-state index in [9.17, 15) is 5.11 Å². The molecule has 0 amide bonds. The Balaban J connectivity index is 2.00. The van der Waals surface area contributed by atoms with Crippen LogP contribution in [0.1, 0.15) is 26.2 Å². The zero-order chi connectivity index (χ0) is 16.2. The van der Waals surface area contributed by atoms with Crippen LogP contribution in [0.2, 0.25) is 5.02 Å². The molecule has 2 aromatic carbocycles. The predicted octanol–water partition coefficient (Wildman–Crippen LogP) is 6.10. The summed E-state index contributed by atoms with van der Waals surface area (Å²) >= 11 is 8.01. The Morgan fingerprint density at radius 3 is 2.78 bits per heavy atom. The van der Waals surface area contributed by atoms with Crippen LogP contribution in [-0.2, 0) is 0 Å². The summed E-state index contributed by atoms with van der Waals surface area (Å²) in [6.45, 7) is 3.23. The standard InChI is InChI=1S/C19H22ClNOS/c1-2-3-7-14-12-21(15-8-5-4-6-9-15)17-10-16(20)18(22)11-19(17)23-13-14/h4-6,8-11,14,22H,2-3,7,12-13H2,1H3/t14-/m0/s1. The van der Waals surface area contributed by atoms with Crippen LogP contribution >= 0.6 is 23.4 Å². The Hall–Kier alpha value is -1.32. The second-order valence-electron chi connectivity index (χ2n) is 6.04. The second-order valence-corrected chi connectivity index (χ2v) is 7.51. The molecule has 4 heteroatoms. The molecule has 0 unspecified atom stereocenters. The van der Waals surface area contributed by atoms with Gasteiger partial charge in [0.2, 0.25) is 0 Å². The van der Waals surface area contributed by atoms with Gasteiger partial charge in [-0.25, -0.2) is 0 Å². The van der Waals surface area contributed by atoms with E-state index in [0.717, 1.165) is 22.9 Å². The summed E-state index contributed by atoms with van der Waals surface area (Å²) in [7, 11) is 0. The van der Waals surface area contributed by atoms with Crippen molar-refractivity contribution in [2.75, 3.05) is 17.2 Å². The van der Waals surface area contributed by atoms with Crippen molar-refractivity contribution in [2.24, 2.45) is 5.92 Å². The molecule has 0 fully saturated rings. The highest BCUT2D eigenvalue weighted by molar-refractivity contribution is 7.99. The number of thioether (sulfide) groups is 1. The highest BCUT2D eigenvalue weighted by Crippen LogP contribution is 2.44. The van der Waals surface area contributed by atoms with Gasteiger partial charge in [0.05, 0.1) is 10.7 Å². The first-order valence-corrected chi connectivity index (χ1v) is 9.53. The molecule has 1 aliphatic heterocycles. The quantitative estimate of drug-likeness (QED) is 0.723. The number of aromatic hydroxyl groups is 1. The first-order chi connectivity index (χ1) is 11.2. The first kappa shape index (κ1) is 16.5. The van der Waals surface area contributed by atoms with E-state index < -0.39 is 0 Å². The number of hydrogen-bond donors (Lipinski definition) is 1. The predicted molar refractivity (Wildman–Crippen MR) is 100 cm³/mol. The van der Waals surface area contributed by atoms with Crippen molar-refractivity contribution in [3.8, 4) is 5.75 Å². The first-order valence-electron chi connectivity index (χ1n) is 8.17. The topological polar surface area (TPSA) is 23.5 Å². The molecule has 0 radical (unpaired) electrons. The third-order valence-electron chi connectivity index (χ3n) is 4.27. The number of halogens is 1. The molecule has 2 nitrogen and oxygen atoms in total. The maximum atomic E-state index is 9.97. The fraction of sp³-hybridized carbons (Fsp3) is 0.368. The van der Waals surface area contributed by atoms with E-state index in [1.165, 1.54) is 24.9 Å². The molecule has 2 aromatic rings. The number of benzene rings is 2. The lowest BCUT2D eigenvalue weighted by Crippen LogP contribution is -2.25. The monoisotopic (exact) mass is 347 g/mol. The van der Waals surface area contributed by atoms with Gasteiger partial charge in [0, 0.05) is 22.9 Å². The molecular weight excluding hydrogens is 326 g/mol. The molecule has 1 atom stereocenters. The van der Waals surface area contributed by atoms with Crippen molar-refractivity contribution in [3.63, 3.8) is 0 Å². The Bertz CT molecular complexity index is 662. The molecule has 0 aliphatic carbocycles. The fourth-order valence-corrected chi connectivity index (χ4v) is 4.35. The minimum Gasteiger partial charge on any atom is -0.506 e. The van der Waals surface area contributed by atoms with Crippen molar-refractivity contribution >= 4 is 34.7 Å². The summed E-state index contributed by atoms with van der Waals surface area (Å²) in [5.41, 5.74) is 2.28. The summed E-state index contributed by atoms with van der Waals surface area (Å²) in [5.74, 6) is 1.88. The van der Waals surface area contributed by atoms with E-state index in [0.29, 0.717) is 10.9 Å². The Labute approximate surface area is 147 Å². The maximum Gasteiger partial charge on any atom is 0.135 e. The van der Waals surface area contributed by atoms with Crippen molar-refractivity contribution in [3.05, 3.63) is 47.5 Å². The second kappa shape index (κ2) is 7.50. The van der Waals surface area contributed by atoms with Crippen LogP contribution in [-0.4, -0.2) is 17.4 Å². The molecule has 0 saturated heterocycles. The van der Waals surface area contributed by atoms with Gasteiger partial charge in [-0.1, -0.05) is 49.6 Å². The number of anilines is 2. The van der Waals surface area contributed by atoms with Gasteiger partial charge >= 0.3 is 0 Å². The van der Waals surface area contributed by atoms with Crippen LogP contribution in [0.4, 0.5) is 11.4 Å². The highest BCUT2D eigenvalue weighted by Gasteiger charge is 2.24. The lowest BCUT2D eigenvalue weighted by atomic mass is 10.0. The summed E-state index contributed by atoms with van der Waals surface area (Å²) < 4.78 is 0. The number of unbranched alkanes of at least 4 members (excludes halogenated alkanes) is 1. The SMILES string of the molecule is CCCC[C@@H]1CSc2cc(O)c(Cl)cc2N(c2ccccc2)C1. The van der Waals surface area contributed by atoms with E-state index in [1.807, 2.05) is 23.9 Å². The van der Waals surface area contributed by atoms with Crippen LogP contribution in [0.15, 0.2) is 47.4 Å². The largest absolute Gasteiger partial charge is 0.506 e. The van der Waals surface area contributed by atoms with Crippen molar-refractivity contribution in [2.45, 2.75) is 31.1 Å². The Morgan fingerprint density at radius 2 is 2.04 bits per heavy atom. The minimum absolute atomic E-state index is 0.165. The number of hydrogen-bond acceptors (Lipinski definition) is 3. The van der Waals surface area contributed by atoms with Gasteiger partial charge in [-0.2, -0.15) is 0 Å². The van der Waals surface area contributed by atoms with Crippen LogP contribution < -0.4 is 4.90 Å². The zero-order valence-corrected chi connectivity index (χ0v) is 14.9. The van der Waals surface area contributed by atoms with E-state index in [1.54, 1.807) is 6.07 Å². The third-order valence-corrected chi connectivity index (χ3v) is 5.85. The molecule has 3 rings (SSSR count). The van der Waals surface area contributed by atoms with E-state index in [2.05, 4.69) is 36.1 Å². The van der Waals surface area contributed by atoms with Gasteiger partial charge in [0.15, 0.2) is 0 Å². The van der Waals surface area contributed by atoms with Gasteiger partial charge < -0.3 is 10.0 Å². The highest BCUT2D eigenvalue weighted by atomic mass is 35.5. The van der Waals surface area contributed by atoms with Crippen LogP contribution in [0.5, 0.6) is 5.75 Å². The number of fused-ring (bicyclic) bond motifs is 1. The summed E-state index contributed by atoms with van der Waals surface area (Å²) in [6, 6.07) is 14.1. The van der Waals surface area contributed by atoms with Gasteiger partial charge in [-0.15, -0.1) is 11.8 Å². The molecule has 0 aromatic heterocycles. The smallest absolute Gasteiger partial charge is 0.135 e. The summed E-state index contributed by atoms with van der Waals surface area (Å²) in [5, 5.41) is 10.4. The van der Waals surface area contributed by atoms with Crippen molar-refractivity contribution in [1.82, 2.24) is 0 Å². The summed E-state index contributed by atoms with van der Waals surface area (Å²) in [4.78, 5) is 3.45. The molecule has 0 spiro atoms. The van der Waals surface area contributed by atoms with Gasteiger partial charge in [0.1, 0.15) is 5.75 Å². The minimum atomic E-state index is 0.165. The van der Waals surface area contributed by atoms with Crippen molar-refractivity contribution < 1.29 is 5.11 Å². The zero-order valence-electron chi connectivity index (χ0n) is 13.3. The number of phenols is 1. The van der Waals surface area contributed by atoms with Gasteiger partial charge in [0.25, 0.3) is 0 Å². The number of nitrogens with zero attached hydrogens (tertiary/aromatic N) is 1. The Morgan fingerprint density at radius 1 is 1.26 bits per heavy atom. The van der Waals surface area contributed by atoms with Crippen LogP contribution in [0.25, 0.3) is 0 Å². The van der Waals surface area contributed by atoms with E-state index in [-0.39, 0.29) is 5.75 Å². The van der Waals surface area contributed by atoms with E-state index in [4.69, 9.17) is 11.6 Å². The van der Waals surface area contributed by atoms with Crippen molar-refractivity contribution in [1.29, 1.82) is 0 Å². The lowest BCUT2D eigenvalue weighted by Gasteiger charge is -2.28. The molecule has 0 bridgehead atoms. The molecule has 23 heavy (non-hydrogen) atoms. The van der Waals surface area contributed by atoms with Crippen LogP contribution in [0, 0.1) is 5.92 Å². The fourth-order valence-electron chi connectivity index (χ4n) is 3.00. The van der Waals surface area contributed by atoms with Crippen LogP contribution in [0.3, 0.4) is 0 Å². The third kappa shape index (κ3) is 3.78. The molecule has 122 valence electrons. The van der Waals surface area contributed by atoms with Gasteiger partial charge in [-0.3, -0.25) is 0 Å². The number of para-hydroxylation sites is 1. The normalized spacial score (nSPS) is 17.7.